The molecule has 1 atom stereocenters. The Hall–Kier alpha value is -1.96. The van der Waals surface area contributed by atoms with Gasteiger partial charge in [-0.2, -0.15) is 0 Å². The van der Waals surface area contributed by atoms with Gasteiger partial charge in [0.25, 0.3) is 0 Å². The van der Waals surface area contributed by atoms with Crippen LogP contribution < -0.4 is 20.1 Å². The Balaban J connectivity index is 2.02. The van der Waals surface area contributed by atoms with E-state index in [1.165, 1.54) is 0 Å². The van der Waals surface area contributed by atoms with Crippen molar-refractivity contribution in [1.82, 2.24) is 10.6 Å². The van der Waals surface area contributed by atoms with Crippen molar-refractivity contribution in [2.75, 3.05) is 39.3 Å². The summed E-state index contributed by atoms with van der Waals surface area (Å²) in [4.78, 5) is 4.21. The van der Waals surface area contributed by atoms with Crippen molar-refractivity contribution in [1.29, 1.82) is 0 Å². The third kappa shape index (κ3) is 5.03. The molecule has 8 heteroatoms. The molecule has 0 aromatic heterocycles. The third-order valence-electron chi connectivity index (χ3n) is 4.66. The number of aliphatic imine (C=N–C) groups is 1. The quantitative estimate of drug-likeness (QED) is 0.569. The Bertz CT molecular complexity index is 760. The van der Waals surface area contributed by atoms with Gasteiger partial charge >= 0.3 is 0 Å². The molecule has 0 bridgehead atoms. The van der Waals surface area contributed by atoms with Crippen molar-refractivity contribution in [3.63, 3.8) is 0 Å². The largest absolute Gasteiger partial charge is 0.493 e. The summed E-state index contributed by atoms with van der Waals surface area (Å²) in [5, 5.41) is 6.50. The molecule has 146 valence electrons. The van der Waals surface area contributed by atoms with Gasteiger partial charge in [-0.25, -0.2) is 8.42 Å². The maximum Gasteiger partial charge on any atom is 0.191 e. The van der Waals surface area contributed by atoms with E-state index in [2.05, 4.69) is 29.5 Å². The van der Waals surface area contributed by atoms with Gasteiger partial charge in [0.15, 0.2) is 27.3 Å². The van der Waals surface area contributed by atoms with Crippen LogP contribution in [0.3, 0.4) is 0 Å². The van der Waals surface area contributed by atoms with Crippen molar-refractivity contribution in [2.45, 2.75) is 31.7 Å². The number of hydrogen-bond acceptors (Lipinski definition) is 5. The van der Waals surface area contributed by atoms with Crippen molar-refractivity contribution >= 4 is 15.8 Å². The van der Waals surface area contributed by atoms with E-state index in [0.29, 0.717) is 30.4 Å². The Kier molecular flexibility index (Phi) is 6.39. The first kappa shape index (κ1) is 20.4. The molecule has 2 N–H and O–H groups in total. The zero-order valence-electron chi connectivity index (χ0n) is 16.1. The highest BCUT2D eigenvalue weighted by molar-refractivity contribution is 7.91. The molecule has 2 rings (SSSR count). The molecule has 0 amide bonds. The Morgan fingerprint density at radius 3 is 2.50 bits per heavy atom. The molecular weight excluding hydrogens is 354 g/mol. The fourth-order valence-electron chi connectivity index (χ4n) is 2.96. The van der Waals surface area contributed by atoms with E-state index in [9.17, 15) is 8.42 Å². The molecule has 1 unspecified atom stereocenters. The minimum absolute atomic E-state index is 0.0876. The number of hydrogen-bond donors (Lipinski definition) is 2. The van der Waals surface area contributed by atoms with Crippen LogP contribution in [-0.2, 0) is 15.3 Å². The lowest BCUT2D eigenvalue weighted by atomic mass is 9.84. The summed E-state index contributed by atoms with van der Waals surface area (Å²) < 4.78 is 33.9. The standard InChI is InChI=1S/C18H29N3O4S/c1-18(2,13-6-7-15(24-4)16(10-13)25-5)12-20-17(19-3)21-14-8-9-26(22,23)11-14/h6-7,10,14H,8-9,11-12H2,1-5H3,(H2,19,20,21). The van der Waals surface area contributed by atoms with Crippen LogP contribution in [0.15, 0.2) is 23.2 Å². The molecule has 1 aliphatic heterocycles. The van der Waals surface area contributed by atoms with Crippen LogP contribution >= 0.6 is 0 Å². The summed E-state index contributed by atoms with van der Waals surface area (Å²) in [6.07, 6.45) is 0.613. The second kappa shape index (κ2) is 8.16. The van der Waals surface area contributed by atoms with Crippen LogP contribution in [0, 0.1) is 0 Å². The Morgan fingerprint density at radius 2 is 1.96 bits per heavy atom. The van der Waals surface area contributed by atoms with Crippen molar-refractivity contribution in [2.24, 2.45) is 4.99 Å². The van der Waals surface area contributed by atoms with Crippen LogP contribution in [0.5, 0.6) is 11.5 Å². The molecule has 1 aliphatic rings. The third-order valence-corrected chi connectivity index (χ3v) is 6.43. The summed E-state index contributed by atoms with van der Waals surface area (Å²) in [6, 6.07) is 5.80. The van der Waals surface area contributed by atoms with Gasteiger partial charge in [-0.1, -0.05) is 19.9 Å². The summed E-state index contributed by atoms with van der Waals surface area (Å²) in [7, 11) is 2.00. The van der Waals surface area contributed by atoms with Gasteiger partial charge in [-0.3, -0.25) is 4.99 Å². The maximum absolute atomic E-state index is 11.6. The fraction of sp³-hybridized carbons (Fsp3) is 0.611. The number of guanidine groups is 1. The molecule has 0 aliphatic carbocycles. The average molecular weight is 384 g/mol. The molecule has 1 saturated heterocycles. The first-order valence-corrected chi connectivity index (χ1v) is 10.4. The fourth-order valence-corrected chi connectivity index (χ4v) is 4.63. The lowest BCUT2D eigenvalue weighted by Gasteiger charge is -2.28. The molecule has 26 heavy (non-hydrogen) atoms. The molecule has 0 spiro atoms. The van der Waals surface area contributed by atoms with E-state index in [1.54, 1.807) is 21.3 Å². The predicted molar refractivity (Wildman–Crippen MR) is 104 cm³/mol. The van der Waals surface area contributed by atoms with Crippen LogP contribution in [0.1, 0.15) is 25.8 Å². The summed E-state index contributed by atoms with van der Waals surface area (Å²) >= 11 is 0. The molecule has 1 aromatic rings. The van der Waals surface area contributed by atoms with Crippen LogP contribution in [0.4, 0.5) is 0 Å². The van der Waals surface area contributed by atoms with Gasteiger partial charge in [-0.05, 0) is 24.1 Å². The minimum Gasteiger partial charge on any atom is -0.493 e. The van der Waals surface area contributed by atoms with Gasteiger partial charge in [0.05, 0.1) is 25.7 Å². The maximum atomic E-state index is 11.6. The SMILES string of the molecule is CN=C(NCC(C)(C)c1ccc(OC)c(OC)c1)NC1CCS(=O)(=O)C1. The highest BCUT2D eigenvalue weighted by atomic mass is 32.2. The lowest BCUT2D eigenvalue weighted by molar-refractivity contribution is 0.353. The average Bonchev–Trinajstić information content (AvgIpc) is 2.96. The number of nitrogens with one attached hydrogen (secondary N) is 2. The zero-order valence-corrected chi connectivity index (χ0v) is 16.9. The second-order valence-electron chi connectivity index (χ2n) is 7.12. The van der Waals surface area contributed by atoms with Crippen molar-refractivity contribution in [3.8, 4) is 11.5 Å². The van der Waals surface area contributed by atoms with Gasteiger partial charge in [-0.15, -0.1) is 0 Å². The summed E-state index contributed by atoms with van der Waals surface area (Å²) in [5.41, 5.74) is 0.903. The number of methoxy groups -OCH3 is 2. The highest BCUT2D eigenvalue weighted by Crippen LogP contribution is 2.32. The number of nitrogens with zero attached hydrogens (tertiary/aromatic N) is 1. The van der Waals surface area contributed by atoms with E-state index >= 15 is 0 Å². The van der Waals surface area contributed by atoms with E-state index in [4.69, 9.17) is 9.47 Å². The summed E-state index contributed by atoms with van der Waals surface area (Å²) in [6.45, 7) is 4.87. The number of ether oxygens (including phenoxy) is 2. The van der Waals surface area contributed by atoms with Crippen molar-refractivity contribution < 1.29 is 17.9 Å². The first-order valence-electron chi connectivity index (χ1n) is 8.61. The van der Waals surface area contributed by atoms with E-state index < -0.39 is 9.84 Å². The first-order chi connectivity index (χ1) is 12.2. The monoisotopic (exact) mass is 383 g/mol. The van der Waals surface area contributed by atoms with Gasteiger partial charge in [0.2, 0.25) is 0 Å². The van der Waals surface area contributed by atoms with Gasteiger partial charge in [0.1, 0.15) is 0 Å². The van der Waals surface area contributed by atoms with Gasteiger partial charge < -0.3 is 20.1 Å². The smallest absolute Gasteiger partial charge is 0.191 e. The topological polar surface area (TPSA) is 89.0 Å². The Labute approximate surface area is 156 Å². The second-order valence-corrected chi connectivity index (χ2v) is 9.35. The molecule has 1 aromatic carbocycles. The van der Waals surface area contributed by atoms with Gasteiger partial charge in [0, 0.05) is 25.0 Å². The molecule has 0 saturated carbocycles. The van der Waals surface area contributed by atoms with Crippen LogP contribution in [0.25, 0.3) is 0 Å². The molecule has 7 nitrogen and oxygen atoms in total. The summed E-state index contributed by atoms with van der Waals surface area (Å²) in [5.74, 6) is 2.39. The highest BCUT2D eigenvalue weighted by Gasteiger charge is 2.29. The van der Waals surface area contributed by atoms with E-state index in [1.807, 2.05) is 18.2 Å². The van der Waals surface area contributed by atoms with Crippen LogP contribution in [0.2, 0.25) is 0 Å². The Morgan fingerprint density at radius 1 is 1.27 bits per heavy atom. The predicted octanol–water partition coefficient (Wildman–Crippen LogP) is 1.33. The number of benzene rings is 1. The normalized spacial score (nSPS) is 19.9. The van der Waals surface area contributed by atoms with E-state index in [0.717, 1.165) is 5.56 Å². The molecule has 0 radical (unpaired) electrons. The lowest BCUT2D eigenvalue weighted by Crippen LogP contribution is -2.47. The minimum atomic E-state index is -2.92. The molecule has 1 heterocycles. The number of rotatable bonds is 6. The van der Waals surface area contributed by atoms with Crippen LogP contribution in [-0.4, -0.2) is 59.7 Å². The number of sulfone groups is 1. The van der Waals surface area contributed by atoms with E-state index in [-0.39, 0.29) is 23.0 Å². The zero-order chi connectivity index (χ0) is 19.4. The van der Waals surface area contributed by atoms with Crippen molar-refractivity contribution in [3.05, 3.63) is 23.8 Å². The molecular formula is C18H29N3O4S. The molecule has 1 fully saturated rings.